The average Bonchev–Trinajstić information content (AvgIpc) is 2.25. The van der Waals surface area contributed by atoms with Crippen LogP contribution in [0.5, 0.6) is 5.88 Å². The number of hydrogen-bond acceptors (Lipinski definition) is 3. The third-order valence-corrected chi connectivity index (χ3v) is 2.62. The highest BCUT2D eigenvalue weighted by Gasteiger charge is 2.14. The Labute approximate surface area is 106 Å². The predicted octanol–water partition coefficient (Wildman–Crippen LogP) is 3.25. The minimum absolute atomic E-state index is 0.0144. The van der Waals surface area contributed by atoms with Gasteiger partial charge in [0.25, 0.3) is 0 Å². The summed E-state index contributed by atoms with van der Waals surface area (Å²) in [5.41, 5.74) is 0.0144. The van der Waals surface area contributed by atoms with Gasteiger partial charge >= 0.3 is 5.97 Å². The summed E-state index contributed by atoms with van der Waals surface area (Å²) in [7, 11) is 0. The number of carbonyl (C=O) groups is 1. The molecular formula is C12H16ClNO3. The van der Waals surface area contributed by atoms with Crippen LogP contribution in [-0.2, 0) is 0 Å². The van der Waals surface area contributed by atoms with Gasteiger partial charge in [0.15, 0.2) is 0 Å². The molecule has 0 saturated heterocycles. The average molecular weight is 258 g/mol. The van der Waals surface area contributed by atoms with E-state index in [1.165, 1.54) is 12.3 Å². The molecule has 0 aliphatic heterocycles. The topological polar surface area (TPSA) is 59.4 Å². The second-order valence-corrected chi connectivity index (χ2v) is 4.55. The third-order valence-electron chi connectivity index (χ3n) is 2.25. The van der Waals surface area contributed by atoms with Crippen molar-refractivity contribution in [3.05, 3.63) is 22.8 Å². The molecule has 1 aromatic rings. The van der Waals surface area contributed by atoms with E-state index in [0.717, 1.165) is 12.8 Å². The summed E-state index contributed by atoms with van der Waals surface area (Å²) in [5, 5.41) is 8.93. The summed E-state index contributed by atoms with van der Waals surface area (Å²) in [6, 6.07) is 1.35. The Bertz CT molecular complexity index is 393. The largest absolute Gasteiger partial charge is 0.478 e. The number of pyridine rings is 1. The maximum atomic E-state index is 10.8. The fourth-order valence-corrected chi connectivity index (χ4v) is 1.60. The lowest BCUT2D eigenvalue weighted by atomic mass is 10.1. The Balaban J connectivity index is 2.59. The molecule has 1 aromatic heterocycles. The second kappa shape index (κ2) is 6.45. The smallest absolute Gasteiger partial charge is 0.337 e. The van der Waals surface area contributed by atoms with Gasteiger partial charge in [-0.15, -0.1) is 0 Å². The molecule has 1 rings (SSSR count). The molecule has 0 amide bonds. The first-order chi connectivity index (χ1) is 8.02. The van der Waals surface area contributed by atoms with Gasteiger partial charge < -0.3 is 9.84 Å². The molecule has 0 radical (unpaired) electrons. The lowest BCUT2D eigenvalue weighted by Gasteiger charge is -2.09. The highest BCUT2D eigenvalue weighted by atomic mass is 35.5. The molecule has 1 heterocycles. The maximum Gasteiger partial charge on any atom is 0.337 e. The molecule has 0 saturated carbocycles. The molecule has 0 aliphatic carbocycles. The maximum absolute atomic E-state index is 10.8. The molecule has 17 heavy (non-hydrogen) atoms. The molecule has 4 nitrogen and oxygen atoms in total. The van der Waals surface area contributed by atoms with Crippen LogP contribution in [0.3, 0.4) is 0 Å². The van der Waals surface area contributed by atoms with E-state index in [9.17, 15) is 4.79 Å². The van der Waals surface area contributed by atoms with Gasteiger partial charge in [-0.1, -0.05) is 25.4 Å². The summed E-state index contributed by atoms with van der Waals surface area (Å²) in [6.45, 7) is 4.76. The minimum Gasteiger partial charge on any atom is -0.478 e. The van der Waals surface area contributed by atoms with Crippen molar-refractivity contribution in [1.82, 2.24) is 4.98 Å². The second-order valence-electron chi connectivity index (χ2n) is 4.17. The van der Waals surface area contributed by atoms with Gasteiger partial charge in [-0.25, -0.2) is 9.78 Å². The number of aromatic carboxylic acids is 1. The zero-order chi connectivity index (χ0) is 12.8. The van der Waals surface area contributed by atoms with Crippen molar-refractivity contribution in [3.8, 4) is 5.88 Å². The number of rotatable bonds is 6. The van der Waals surface area contributed by atoms with Crippen LogP contribution in [0.2, 0.25) is 5.02 Å². The van der Waals surface area contributed by atoms with Crippen LogP contribution >= 0.6 is 11.6 Å². The number of carboxylic acid groups (broad SMARTS) is 1. The standard InChI is InChI=1S/C12H16ClNO3/c1-8(2)4-3-7-17-11-10(13)9(12(15)16)5-6-14-11/h5-6,8H,3-4,7H2,1-2H3,(H,15,16). The first-order valence-electron chi connectivity index (χ1n) is 5.53. The number of hydrogen-bond donors (Lipinski definition) is 1. The Morgan fingerprint density at radius 2 is 2.29 bits per heavy atom. The van der Waals surface area contributed by atoms with Crippen molar-refractivity contribution in [1.29, 1.82) is 0 Å². The highest BCUT2D eigenvalue weighted by molar-refractivity contribution is 6.34. The molecule has 94 valence electrons. The fourth-order valence-electron chi connectivity index (χ4n) is 1.35. The Kier molecular flexibility index (Phi) is 5.22. The van der Waals surface area contributed by atoms with Gasteiger partial charge in [-0.3, -0.25) is 0 Å². The number of halogens is 1. The molecule has 1 N–H and O–H groups in total. The van der Waals surface area contributed by atoms with Crippen LogP contribution in [0.15, 0.2) is 12.3 Å². The predicted molar refractivity (Wildman–Crippen MR) is 65.8 cm³/mol. The first-order valence-corrected chi connectivity index (χ1v) is 5.90. The van der Waals surface area contributed by atoms with E-state index in [1.54, 1.807) is 0 Å². The first kappa shape index (κ1) is 13.8. The Morgan fingerprint density at radius 3 is 2.88 bits per heavy atom. The number of carboxylic acids is 1. The van der Waals surface area contributed by atoms with Crippen LogP contribution in [0.1, 0.15) is 37.0 Å². The zero-order valence-corrected chi connectivity index (χ0v) is 10.7. The number of aromatic nitrogens is 1. The van der Waals surface area contributed by atoms with Crippen molar-refractivity contribution >= 4 is 17.6 Å². The molecule has 0 spiro atoms. The van der Waals surface area contributed by atoms with Gasteiger partial charge in [0.2, 0.25) is 5.88 Å². The van der Waals surface area contributed by atoms with Gasteiger partial charge in [-0.2, -0.15) is 0 Å². The van der Waals surface area contributed by atoms with E-state index in [0.29, 0.717) is 12.5 Å². The normalized spacial score (nSPS) is 10.6. The summed E-state index contributed by atoms with van der Waals surface area (Å²) < 4.78 is 5.37. The van der Waals surface area contributed by atoms with Crippen molar-refractivity contribution in [3.63, 3.8) is 0 Å². The summed E-state index contributed by atoms with van der Waals surface area (Å²) in [4.78, 5) is 14.7. The molecule has 0 aliphatic rings. The molecule has 0 atom stereocenters. The quantitative estimate of drug-likeness (QED) is 0.795. The highest BCUT2D eigenvalue weighted by Crippen LogP contribution is 2.25. The number of nitrogens with zero attached hydrogens (tertiary/aromatic N) is 1. The van der Waals surface area contributed by atoms with E-state index in [4.69, 9.17) is 21.4 Å². The van der Waals surface area contributed by atoms with E-state index < -0.39 is 5.97 Å². The molecule has 0 bridgehead atoms. The lowest BCUT2D eigenvalue weighted by molar-refractivity contribution is 0.0696. The summed E-state index contributed by atoms with van der Waals surface area (Å²) in [5.74, 6) is -0.271. The van der Waals surface area contributed by atoms with Crippen molar-refractivity contribution in [2.45, 2.75) is 26.7 Å². The fraction of sp³-hybridized carbons (Fsp3) is 0.500. The van der Waals surface area contributed by atoms with Crippen LogP contribution in [0, 0.1) is 5.92 Å². The van der Waals surface area contributed by atoms with E-state index in [2.05, 4.69) is 18.8 Å². The molecular weight excluding hydrogens is 242 g/mol. The van der Waals surface area contributed by atoms with Crippen LogP contribution in [0.25, 0.3) is 0 Å². The number of ether oxygens (including phenoxy) is 1. The van der Waals surface area contributed by atoms with Gasteiger partial charge in [0.05, 0.1) is 12.2 Å². The van der Waals surface area contributed by atoms with Crippen molar-refractivity contribution in [2.24, 2.45) is 5.92 Å². The monoisotopic (exact) mass is 257 g/mol. The third kappa shape index (κ3) is 4.23. The Morgan fingerprint density at radius 1 is 1.59 bits per heavy atom. The van der Waals surface area contributed by atoms with Crippen molar-refractivity contribution < 1.29 is 14.6 Å². The van der Waals surface area contributed by atoms with Gasteiger partial charge in [-0.05, 0) is 24.8 Å². The van der Waals surface area contributed by atoms with Gasteiger partial charge in [0, 0.05) is 6.20 Å². The van der Waals surface area contributed by atoms with E-state index >= 15 is 0 Å². The van der Waals surface area contributed by atoms with Crippen LogP contribution < -0.4 is 4.74 Å². The minimum atomic E-state index is -1.08. The Hall–Kier alpha value is -1.29. The van der Waals surface area contributed by atoms with Gasteiger partial charge in [0.1, 0.15) is 5.02 Å². The molecule has 0 unspecified atom stereocenters. The SMILES string of the molecule is CC(C)CCCOc1nccc(C(=O)O)c1Cl. The summed E-state index contributed by atoms with van der Waals surface area (Å²) in [6.07, 6.45) is 3.33. The molecule has 0 aromatic carbocycles. The van der Waals surface area contributed by atoms with Crippen LogP contribution in [-0.4, -0.2) is 22.7 Å². The van der Waals surface area contributed by atoms with E-state index in [-0.39, 0.29) is 16.5 Å². The lowest BCUT2D eigenvalue weighted by Crippen LogP contribution is -2.04. The zero-order valence-electron chi connectivity index (χ0n) is 9.94. The molecule has 0 fully saturated rings. The van der Waals surface area contributed by atoms with Crippen molar-refractivity contribution in [2.75, 3.05) is 6.61 Å². The van der Waals surface area contributed by atoms with Crippen LogP contribution in [0.4, 0.5) is 0 Å². The molecule has 5 heteroatoms. The summed E-state index contributed by atoms with van der Waals surface area (Å²) >= 11 is 5.88. The van der Waals surface area contributed by atoms with E-state index in [1.807, 2.05) is 0 Å².